The van der Waals surface area contributed by atoms with Crippen molar-refractivity contribution in [1.29, 1.82) is 0 Å². The monoisotopic (exact) mass is 330 g/mol. The zero-order valence-electron chi connectivity index (χ0n) is 10.5. The first-order valence-electron chi connectivity index (χ1n) is 5.73. The number of carbonyl (C=O) groups is 1. The molecular formula is C13H12Cl2N2O2S. The van der Waals surface area contributed by atoms with Gasteiger partial charge < -0.3 is 15.7 Å². The Kier molecular flexibility index (Phi) is 4.75. The van der Waals surface area contributed by atoms with Crippen molar-refractivity contribution in [2.45, 2.75) is 13.5 Å². The molecule has 1 amide bonds. The molecule has 0 radical (unpaired) electrons. The van der Waals surface area contributed by atoms with Gasteiger partial charge in [0.1, 0.15) is 0 Å². The van der Waals surface area contributed by atoms with E-state index in [1.807, 2.05) is 11.4 Å². The molecule has 0 aliphatic carbocycles. The van der Waals surface area contributed by atoms with E-state index >= 15 is 0 Å². The zero-order valence-corrected chi connectivity index (χ0v) is 12.9. The number of hydrogen-bond donors (Lipinski definition) is 3. The fraction of sp³-hybridized carbons (Fsp3) is 0.154. The standard InChI is InChI=1S/C13H12Cl2N2O2S/c1-7(18)17-11-2-3-20-12(11)6-16-8-4-9(14)13(19)10(15)5-8/h2-5,16,19H,6H2,1H3,(H,17,18). The van der Waals surface area contributed by atoms with Crippen LogP contribution in [0.4, 0.5) is 11.4 Å². The fourth-order valence-electron chi connectivity index (χ4n) is 1.63. The molecule has 0 atom stereocenters. The summed E-state index contributed by atoms with van der Waals surface area (Å²) in [4.78, 5) is 12.1. The third kappa shape index (κ3) is 3.56. The van der Waals surface area contributed by atoms with E-state index in [9.17, 15) is 9.90 Å². The van der Waals surface area contributed by atoms with E-state index in [0.29, 0.717) is 12.2 Å². The number of thiophene rings is 1. The summed E-state index contributed by atoms with van der Waals surface area (Å²) in [7, 11) is 0. The fourth-order valence-corrected chi connectivity index (χ4v) is 2.89. The molecule has 2 rings (SSSR count). The first-order chi connectivity index (χ1) is 9.47. The van der Waals surface area contributed by atoms with Crippen LogP contribution in [0.2, 0.25) is 10.0 Å². The number of carbonyl (C=O) groups excluding carboxylic acids is 1. The molecule has 0 unspecified atom stereocenters. The Balaban J connectivity index is 2.09. The predicted octanol–water partition coefficient (Wildman–Crippen LogP) is 4.33. The van der Waals surface area contributed by atoms with Crippen molar-refractivity contribution in [3.63, 3.8) is 0 Å². The quantitative estimate of drug-likeness (QED) is 0.731. The van der Waals surface area contributed by atoms with Gasteiger partial charge in [0.05, 0.1) is 22.3 Å². The third-order valence-corrected chi connectivity index (χ3v) is 4.02. The van der Waals surface area contributed by atoms with E-state index in [1.54, 1.807) is 12.1 Å². The van der Waals surface area contributed by atoms with Crippen LogP contribution in [0.1, 0.15) is 11.8 Å². The van der Waals surface area contributed by atoms with Crippen molar-refractivity contribution >= 4 is 51.8 Å². The number of benzene rings is 1. The van der Waals surface area contributed by atoms with Crippen molar-refractivity contribution < 1.29 is 9.90 Å². The number of amides is 1. The molecular weight excluding hydrogens is 319 g/mol. The Hall–Kier alpha value is -1.43. The number of nitrogens with one attached hydrogen (secondary N) is 2. The molecule has 7 heteroatoms. The minimum absolute atomic E-state index is 0.111. The van der Waals surface area contributed by atoms with Crippen LogP contribution in [-0.2, 0) is 11.3 Å². The summed E-state index contributed by atoms with van der Waals surface area (Å²) >= 11 is 13.2. The van der Waals surface area contributed by atoms with Gasteiger partial charge in [-0.3, -0.25) is 4.79 Å². The summed E-state index contributed by atoms with van der Waals surface area (Å²) in [6.45, 7) is 1.99. The van der Waals surface area contributed by atoms with Crippen molar-refractivity contribution in [3.8, 4) is 5.75 Å². The molecule has 0 saturated heterocycles. The van der Waals surface area contributed by atoms with E-state index in [-0.39, 0.29) is 21.7 Å². The number of hydrogen-bond acceptors (Lipinski definition) is 4. The molecule has 4 nitrogen and oxygen atoms in total. The highest BCUT2D eigenvalue weighted by Gasteiger charge is 2.09. The van der Waals surface area contributed by atoms with E-state index in [4.69, 9.17) is 23.2 Å². The topological polar surface area (TPSA) is 61.4 Å². The lowest BCUT2D eigenvalue weighted by molar-refractivity contribution is -0.114. The van der Waals surface area contributed by atoms with Gasteiger partial charge in [0.15, 0.2) is 5.75 Å². The predicted molar refractivity (Wildman–Crippen MR) is 84.1 cm³/mol. The highest BCUT2D eigenvalue weighted by Crippen LogP contribution is 2.35. The molecule has 106 valence electrons. The average molecular weight is 331 g/mol. The van der Waals surface area contributed by atoms with Gasteiger partial charge in [-0.2, -0.15) is 0 Å². The lowest BCUT2D eigenvalue weighted by Gasteiger charge is -2.09. The molecule has 0 bridgehead atoms. The van der Waals surface area contributed by atoms with Gasteiger partial charge in [-0.15, -0.1) is 11.3 Å². The molecule has 1 aromatic heterocycles. The number of halogens is 2. The molecule has 0 aliphatic rings. The summed E-state index contributed by atoms with van der Waals surface area (Å²) in [6, 6.07) is 5.03. The van der Waals surface area contributed by atoms with Crippen molar-refractivity contribution in [1.82, 2.24) is 0 Å². The molecule has 2 aromatic rings. The summed E-state index contributed by atoms with van der Waals surface area (Å²) in [5.41, 5.74) is 1.48. The molecule has 0 saturated carbocycles. The van der Waals surface area contributed by atoms with E-state index in [2.05, 4.69) is 10.6 Å². The van der Waals surface area contributed by atoms with E-state index < -0.39 is 0 Å². The highest BCUT2D eigenvalue weighted by atomic mass is 35.5. The lowest BCUT2D eigenvalue weighted by atomic mass is 10.3. The number of aromatic hydroxyl groups is 1. The largest absolute Gasteiger partial charge is 0.505 e. The molecule has 0 spiro atoms. The van der Waals surface area contributed by atoms with Gasteiger partial charge in [-0.05, 0) is 23.6 Å². The van der Waals surface area contributed by atoms with Gasteiger partial charge >= 0.3 is 0 Å². The first-order valence-corrected chi connectivity index (χ1v) is 7.36. The van der Waals surface area contributed by atoms with Gasteiger partial charge in [-0.1, -0.05) is 23.2 Å². The van der Waals surface area contributed by atoms with Gasteiger partial charge in [0, 0.05) is 17.5 Å². The van der Waals surface area contributed by atoms with Crippen LogP contribution in [0.5, 0.6) is 5.75 Å². The summed E-state index contributed by atoms with van der Waals surface area (Å²) in [5, 5.41) is 17.7. The zero-order chi connectivity index (χ0) is 14.7. The second kappa shape index (κ2) is 6.35. The minimum atomic E-state index is -0.131. The number of phenolic OH excluding ortho intramolecular Hbond substituents is 1. The van der Waals surface area contributed by atoms with Crippen LogP contribution in [-0.4, -0.2) is 11.0 Å². The average Bonchev–Trinajstić information content (AvgIpc) is 2.79. The van der Waals surface area contributed by atoms with Crippen LogP contribution in [0.3, 0.4) is 0 Å². The van der Waals surface area contributed by atoms with Gasteiger partial charge in [-0.25, -0.2) is 0 Å². The first kappa shape index (κ1) is 15.0. The summed E-state index contributed by atoms with van der Waals surface area (Å²) < 4.78 is 0. The number of anilines is 2. The lowest BCUT2D eigenvalue weighted by Crippen LogP contribution is -2.08. The van der Waals surface area contributed by atoms with E-state index in [1.165, 1.54) is 18.3 Å². The Morgan fingerprint density at radius 1 is 1.35 bits per heavy atom. The summed E-state index contributed by atoms with van der Waals surface area (Å²) in [5.74, 6) is -0.241. The Labute approximate surface area is 130 Å². The van der Waals surface area contributed by atoms with Crippen LogP contribution in [0.15, 0.2) is 23.6 Å². The smallest absolute Gasteiger partial charge is 0.221 e. The van der Waals surface area contributed by atoms with Gasteiger partial charge in [0.25, 0.3) is 0 Å². The number of rotatable bonds is 4. The van der Waals surface area contributed by atoms with Gasteiger partial charge in [0.2, 0.25) is 5.91 Å². The molecule has 20 heavy (non-hydrogen) atoms. The van der Waals surface area contributed by atoms with Crippen molar-refractivity contribution in [2.24, 2.45) is 0 Å². The molecule has 3 N–H and O–H groups in total. The molecule has 1 heterocycles. The van der Waals surface area contributed by atoms with Crippen LogP contribution >= 0.6 is 34.5 Å². The second-order valence-corrected chi connectivity index (χ2v) is 5.90. The summed E-state index contributed by atoms with van der Waals surface area (Å²) in [6.07, 6.45) is 0. The van der Waals surface area contributed by atoms with Crippen LogP contribution in [0.25, 0.3) is 0 Å². The molecule has 0 fully saturated rings. The normalized spacial score (nSPS) is 10.3. The highest BCUT2D eigenvalue weighted by molar-refractivity contribution is 7.10. The Morgan fingerprint density at radius 2 is 2.00 bits per heavy atom. The van der Waals surface area contributed by atoms with Crippen LogP contribution in [0, 0.1) is 0 Å². The van der Waals surface area contributed by atoms with E-state index in [0.717, 1.165) is 10.6 Å². The Bertz CT molecular complexity index is 620. The number of phenols is 1. The Morgan fingerprint density at radius 3 is 2.60 bits per heavy atom. The minimum Gasteiger partial charge on any atom is -0.505 e. The maximum Gasteiger partial charge on any atom is 0.221 e. The second-order valence-electron chi connectivity index (χ2n) is 4.08. The maximum atomic E-state index is 11.1. The van der Waals surface area contributed by atoms with Crippen LogP contribution < -0.4 is 10.6 Å². The molecule has 0 aliphatic heterocycles. The van der Waals surface area contributed by atoms with Crippen molar-refractivity contribution in [2.75, 3.05) is 10.6 Å². The van der Waals surface area contributed by atoms with Crippen molar-refractivity contribution in [3.05, 3.63) is 38.5 Å². The molecule has 1 aromatic carbocycles. The SMILES string of the molecule is CC(=O)Nc1ccsc1CNc1cc(Cl)c(O)c(Cl)c1. The maximum absolute atomic E-state index is 11.1. The third-order valence-electron chi connectivity index (χ3n) is 2.53.